The molecule has 2 atom stereocenters. The van der Waals surface area contributed by atoms with E-state index in [1.54, 1.807) is 0 Å². The first kappa shape index (κ1) is 13.6. The van der Waals surface area contributed by atoms with Crippen LogP contribution in [0.1, 0.15) is 30.8 Å². The number of aromatic amines is 1. The second kappa shape index (κ2) is 5.41. The van der Waals surface area contributed by atoms with E-state index in [1.165, 1.54) is 0 Å². The molecule has 1 heterocycles. The van der Waals surface area contributed by atoms with Crippen LogP contribution in [0.5, 0.6) is 0 Å². The Morgan fingerprint density at radius 3 is 2.74 bits per heavy atom. The smallest absolute Gasteiger partial charge is 0.104 e. The van der Waals surface area contributed by atoms with E-state index >= 15 is 0 Å². The molecule has 0 amide bonds. The van der Waals surface area contributed by atoms with Crippen molar-refractivity contribution >= 4 is 11.0 Å². The molecule has 0 radical (unpaired) electrons. The van der Waals surface area contributed by atoms with Crippen LogP contribution in [0.25, 0.3) is 11.0 Å². The van der Waals surface area contributed by atoms with E-state index in [0.717, 1.165) is 28.8 Å². The maximum Gasteiger partial charge on any atom is 0.104 e. The number of hydrogen-bond donors (Lipinski definition) is 1. The van der Waals surface area contributed by atoms with Crippen molar-refractivity contribution in [2.45, 2.75) is 26.3 Å². The highest BCUT2D eigenvalue weighted by molar-refractivity contribution is 5.76. The number of rotatable bonds is 4. The molecule has 100 valence electrons. The Morgan fingerprint density at radius 2 is 2.16 bits per heavy atom. The summed E-state index contributed by atoms with van der Waals surface area (Å²) in [6, 6.07) is 8.74. The maximum absolute atomic E-state index is 9.33. The predicted octanol–water partition coefficient (Wildman–Crippen LogP) is 3.02. The normalized spacial score (nSPS) is 14.5. The van der Waals surface area contributed by atoms with Gasteiger partial charge in [0.05, 0.1) is 29.1 Å². The summed E-state index contributed by atoms with van der Waals surface area (Å²) in [5, 5.41) is 9.33. The fraction of sp³-hybridized carbons (Fsp3) is 0.467. The quantitative estimate of drug-likeness (QED) is 0.914. The largest absolute Gasteiger partial charge is 0.342 e. The second-order valence-corrected chi connectivity index (χ2v) is 5.15. The summed E-state index contributed by atoms with van der Waals surface area (Å²) in [5.41, 5.74) is 3.17. The Bertz CT molecular complexity index is 606. The van der Waals surface area contributed by atoms with Gasteiger partial charge in [-0.05, 0) is 45.1 Å². The molecule has 0 bridgehead atoms. The molecule has 0 spiro atoms. The molecule has 1 aromatic carbocycles. The highest BCUT2D eigenvalue weighted by Gasteiger charge is 2.24. The molecular weight excluding hydrogens is 236 g/mol. The molecule has 2 unspecified atom stereocenters. The molecule has 0 aliphatic heterocycles. The van der Waals surface area contributed by atoms with Crippen LogP contribution in [0.3, 0.4) is 0 Å². The summed E-state index contributed by atoms with van der Waals surface area (Å²) < 4.78 is 0. The Hall–Kier alpha value is -1.86. The molecule has 0 saturated carbocycles. The van der Waals surface area contributed by atoms with E-state index in [0.29, 0.717) is 0 Å². The van der Waals surface area contributed by atoms with Crippen LogP contribution < -0.4 is 0 Å². The Balaban J connectivity index is 2.47. The Morgan fingerprint density at radius 1 is 1.42 bits per heavy atom. The van der Waals surface area contributed by atoms with Gasteiger partial charge in [0.15, 0.2) is 0 Å². The number of nitrogens with zero attached hydrogens (tertiary/aromatic N) is 3. The Labute approximate surface area is 114 Å². The summed E-state index contributed by atoms with van der Waals surface area (Å²) in [6.45, 7) is 4.01. The number of nitriles is 1. The predicted molar refractivity (Wildman–Crippen MR) is 76.7 cm³/mol. The lowest BCUT2D eigenvalue weighted by Gasteiger charge is -2.28. The fourth-order valence-corrected chi connectivity index (χ4v) is 2.61. The molecule has 1 aromatic heterocycles. The first-order valence-electron chi connectivity index (χ1n) is 6.59. The van der Waals surface area contributed by atoms with Crippen LogP contribution in [-0.4, -0.2) is 29.0 Å². The summed E-state index contributed by atoms with van der Waals surface area (Å²) in [4.78, 5) is 9.78. The van der Waals surface area contributed by atoms with E-state index in [-0.39, 0.29) is 12.0 Å². The topological polar surface area (TPSA) is 55.7 Å². The fourth-order valence-electron chi connectivity index (χ4n) is 2.61. The van der Waals surface area contributed by atoms with E-state index in [4.69, 9.17) is 0 Å². The third-order valence-corrected chi connectivity index (χ3v) is 3.51. The van der Waals surface area contributed by atoms with Crippen molar-refractivity contribution in [3.05, 3.63) is 29.6 Å². The van der Waals surface area contributed by atoms with E-state index in [1.807, 2.05) is 27.1 Å². The van der Waals surface area contributed by atoms with Gasteiger partial charge in [-0.15, -0.1) is 0 Å². The SMILES string of the molecule is CCC(C#N)C(c1ccc2nc(C)[nH]c2c1)N(C)C. The number of benzene rings is 1. The van der Waals surface area contributed by atoms with Gasteiger partial charge >= 0.3 is 0 Å². The molecule has 0 fully saturated rings. The third kappa shape index (κ3) is 2.61. The molecule has 2 rings (SSSR count). The first-order valence-corrected chi connectivity index (χ1v) is 6.59. The summed E-state index contributed by atoms with van der Waals surface area (Å²) in [5.74, 6) is 0.914. The van der Waals surface area contributed by atoms with Gasteiger partial charge in [-0.3, -0.25) is 0 Å². The maximum atomic E-state index is 9.33. The van der Waals surface area contributed by atoms with Crippen LogP contribution in [0.2, 0.25) is 0 Å². The van der Waals surface area contributed by atoms with Gasteiger partial charge in [-0.2, -0.15) is 5.26 Å². The van der Waals surface area contributed by atoms with Gasteiger partial charge < -0.3 is 9.88 Å². The zero-order valence-electron chi connectivity index (χ0n) is 11.9. The van der Waals surface area contributed by atoms with Crippen molar-refractivity contribution in [2.75, 3.05) is 14.1 Å². The molecule has 19 heavy (non-hydrogen) atoms. The summed E-state index contributed by atoms with van der Waals surface area (Å²) >= 11 is 0. The molecule has 0 aliphatic rings. The van der Waals surface area contributed by atoms with Gasteiger partial charge in [-0.1, -0.05) is 13.0 Å². The average molecular weight is 256 g/mol. The highest BCUT2D eigenvalue weighted by Crippen LogP contribution is 2.30. The molecule has 0 aliphatic carbocycles. The van der Waals surface area contributed by atoms with E-state index in [2.05, 4.69) is 40.0 Å². The highest BCUT2D eigenvalue weighted by atomic mass is 15.1. The number of hydrogen-bond acceptors (Lipinski definition) is 3. The first-order chi connectivity index (χ1) is 9.06. The van der Waals surface area contributed by atoms with Crippen molar-refractivity contribution in [1.29, 1.82) is 5.26 Å². The monoisotopic (exact) mass is 256 g/mol. The van der Waals surface area contributed by atoms with Gasteiger partial charge in [0.25, 0.3) is 0 Å². The molecule has 0 saturated heterocycles. The minimum atomic E-state index is -0.00327. The summed E-state index contributed by atoms with van der Waals surface area (Å²) in [7, 11) is 4.04. The number of imidazole rings is 1. The average Bonchev–Trinajstić information content (AvgIpc) is 2.74. The lowest BCUT2D eigenvalue weighted by molar-refractivity contribution is 0.241. The van der Waals surface area contributed by atoms with Crippen molar-refractivity contribution in [3.63, 3.8) is 0 Å². The number of aryl methyl sites for hydroxylation is 1. The van der Waals surface area contributed by atoms with Gasteiger partial charge in [0.2, 0.25) is 0 Å². The third-order valence-electron chi connectivity index (χ3n) is 3.51. The Kier molecular flexibility index (Phi) is 3.87. The molecule has 1 N–H and O–H groups in total. The van der Waals surface area contributed by atoms with E-state index in [9.17, 15) is 5.26 Å². The van der Waals surface area contributed by atoms with Crippen LogP contribution in [0.4, 0.5) is 0 Å². The minimum Gasteiger partial charge on any atom is -0.342 e. The van der Waals surface area contributed by atoms with Crippen LogP contribution >= 0.6 is 0 Å². The van der Waals surface area contributed by atoms with Gasteiger partial charge in [-0.25, -0.2) is 4.98 Å². The van der Waals surface area contributed by atoms with Crippen LogP contribution in [0.15, 0.2) is 18.2 Å². The van der Waals surface area contributed by atoms with Crippen LogP contribution in [0, 0.1) is 24.2 Å². The van der Waals surface area contributed by atoms with Crippen molar-refractivity contribution in [3.8, 4) is 6.07 Å². The molecular formula is C15H20N4. The second-order valence-electron chi connectivity index (χ2n) is 5.15. The van der Waals surface area contributed by atoms with Gasteiger partial charge in [0.1, 0.15) is 5.82 Å². The standard InChI is InChI=1S/C15H20N4/c1-5-11(9-16)15(19(3)4)12-6-7-13-14(8-12)18-10(2)17-13/h6-8,11,15H,5H2,1-4H3,(H,17,18). The lowest BCUT2D eigenvalue weighted by Crippen LogP contribution is -2.26. The zero-order valence-corrected chi connectivity index (χ0v) is 11.9. The number of aromatic nitrogens is 2. The van der Waals surface area contributed by atoms with Crippen LogP contribution in [-0.2, 0) is 0 Å². The van der Waals surface area contributed by atoms with Crippen molar-refractivity contribution in [2.24, 2.45) is 5.92 Å². The van der Waals surface area contributed by atoms with E-state index < -0.39 is 0 Å². The van der Waals surface area contributed by atoms with Crippen molar-refractivity contribution in [1.82, 2.24) is 14.9 Å². The molecule has 2 aromatic rings. The molecule has 4 nitrogen and oxygen atoms in total. The number of nitrogens with one attached hydrogen (secondary N) is 1. The molecule has 4 heteroatoms. The summed E-state index contributed by atoms with van der Waals surface area (Å²) in [6.07, 6.45) is 0.847. The number of H-pyrrole nitrogens is 1. The minimum absolute atomic E-state index is 0.00327. The van der Waals surface area contributed by atoms with Crippen molar-refractivity contribution < 1.29 is 0 Å². The number of fused-ring (bicyclic) bond motifs is 1. The van der Waals surface area contributed by atoms with Gasteiger partial charge in [0, 0.05) is 0 Å². The lowest BCUT2D eigenvalue weighted by atomic mass is 9.91. The zero-order chi connectivity index (χ0) is 14.0.